The molecule has 0 aliphatic heterocycles. The normalized spacial score (nSPS) is 13.1. The van der Waals surface area contributed by atoms with Crippen molar-refractivity contribution in [1.82, 2.24) is 0 Å². The summed E-state index contributed by atoms with van der Waals surface area (Å²) >= 11 is 1.63. The van der Waals surface area contributed by atoms with Crippen molar-refractivity contribution in [3.63, 3.8) is 0 Å². The number of benzene rings is 1. The highest BCUT2D eigenvalue weighted by Gasteiger charge is 2.31. The molecule has 4 heteroatoms. The molecule has 0 aliphatic carbocycles. The SMILES string of the molecule is Cc1ccc(SC(C)(C)C(O)Cc2cccc[n+]2[O-])cc1. The lowest BCUT2D eigenvalue weighted by Crippen LogP contribution is -2.39. The number of hydrogen-bond donors (Lipinski definition) is 1. The van der Waals surface area contributed by atoms with Crippen LogP contribution in [-0.4, -0.2) is 16.0 Å². The molecule has 112 valence electrons. The van der Waals surface area contributed by atoms with Crippen molar-refractivity contribution in [3.05, 3.63) is 65.1 Å². The lowest BCUT2D eigenvalue weighted by molar-refractivity contribution is -0.614. The Hall–Kier alpha value is -1.52. The van der Waals surface area contributed by atoms with Crippen LogP contribution in [0.25, 0.3) is 0 Å². The fourth-order valence-corrected chi connectivity index (χ4v) is 3.14. The van der Waals surface area contributed by atoms with E-state index in [0.29, 0.717) is 12.1 Å². The maximum atomic E-state index is 11.7. The molecule has 2 aromatic rings. The van der Waals surface area contributed by atoms with Gasteiger partial charge in [0.2, 0.25) is 0 Å². The average Bonchev–Trinajstić information content (AvgIpc) is 2.43. The summed E-state index contributed by atoms with van der Waals surface area (Å²) in [4.78, 5) is 1.12. The number of thioether (sulfide) groups is 1. The van der Waals surface area contributed by atoms with Crippen LogP contribution in [0.4, 0.5) is 0 Å². The first-order chi connectivity index (χ1) is 9.88. The van der Waals surface area contributed by atoms with E-state index in [9.17, 15) is 10.3 Å². The molecule has 1 heterocycles. The fourth-order valence-electron chi connectivity index (χ4n) is 2.04. The number of aliphatic hydroxyl groups is 1. The van der Waals surface area contributed by atoms with Gasteiger partial charge in [-0.05, 0) is 32.9 Å². The van der Waals surface area contributed by atoms with E-state index in [1.807, 2.05) is 19.9 Å². The Kier molecular flexibility index (Phi) is 4.91. The zero-order valence-corrected chi connectivity index (χ0v) is 13.4. The maximum Gasteiger partial charge on any atom is 0.195 e. The Bertz CT molecular complexity index is 596. The van der Waals surface area contributed by atoms with Gasteiger partial charge in [-0.3, -0.25) is 0 Å². The zero-order valence-electron chi connectivity index (χ0n) is 12.6. The molecule has 1 unspecified atom stereocenters. The van der Waals surface area contributed by atoms with Crippen LogP contribution in [-0.2, 0) is 6.42 Å². The number of nitrogens with zero attached hydrogens (tertiary/aromatic N) is 1. The predicted octanol–water partition coefficient (Wildman–Crippen LogP) is 3.10. The first kappa shape index (κ1) is 15.9. The largest absolute Gasteiger partial charge is 0.619 e. The van der Waals surface area contributed by atoms with Crippen LogP contribution in [0.3, 0.4) is 0 Å². The van der Waals surface area contributed by atoms with Crippen LogP contribution in [0, 0.1) is 12.1 Å². The topological polar surface area (TPSA) is 47.2 Å². The van der Waals surface area contributed by atoms with Gasteiger partial charge < -0.3 is 10.3 Å². The van der Waals surface area contributed by atoms with Gasteiger partial charge in [0.1, 0.15) is 0 Å². The van der Waals surface area contributed by atoms with Crippen LogP contribution in [0.2, 0.25) is 0 Å². The van der Waals surface area contributed by atoms with Gasteiger partial charge in [-0.2, -0.15) is 4.73 Å². The highest BCUT2D eigenvalue weighted by molar-refractivity contribution is 8.00. The van der Waals surface area contributed by atoms with Crippen molar-refractivity contribution < 1.29 is 9.84 Å². The zero-order chi connectivity index (χ0) is 15.5. The van der Waals surface area contributed by atoms with E-state index in [-0.39, 0.29) is 4.75 Å². The summed E-state index contributed by atoms with van der Waals surface area (Å²) in [5.41, 5.74) is 1.80. The minimum Gasteiger partial charge on any atom is -0.619 e. The van der Waals surface area contributed by atoms with Gasteiger partial charge in [-0.15, -0.1) is 11.8 Å². The highest BCUT2D eigenvalue weighted by Crippen LogP contribution is 2.36. The Morgan fingerprint density at radius 2 is 1.86 bits per heavy atom. The quantitative estimate of drug-likeness (QED) is 0.524. The summed E-state index contributed by atoms with van der Waals surface area (Å²) in [5, 5.41) is 22.2. The molecule has 21 heavy (non-hydrogen) atoms. The second-order valence-corrected chi connectivity index (χ2v) is 7.48. The van der Waals surface area contributed by atoms with E-state index >= 15 is 0 Å². The summed E-state index contributed by atoms with van der Waals surface area (Å²) in [7, 11) is 0. The van der Waals surface area contributed by atoms with E-state index in [1.165, 1.54) is 11.8 Å². The third kappa shape index (κ3) is 4.22. The van der Waals surface area contributed by atoms with Gasteiger partial charge >= 0.3 is 0 Å². The smallest absolute Gasteiger partial charge is 0.195 e. The van der Waals surface area contributed by atoms with Crippen molar-refractivity contribution in [2.75, 3.05) is 0 Å². The molecule has 0 amide bonds. The molecule has 0 bridgehead atoms. The molecule has 0 spiro atoms. The number of pyridine rings is 1. The van der Waals surface area contributed by atoms with Crippen molar-refractivity contribution >= 4 is 11.8 Å². The van der Waals surface area contributed by atoms with Crippen LogP contribution >= 0.6 is 11.8 Å². The van der Waals surface area contributed by atoms with Crippen LogP contribution in [0.1, 0.15) is 25.1 Å². The second-order valence-electron chi connectivity index (χ2n) is 5.76. The van der Waals surface area contributed by atoms with E-state index in [2.05, 4.69) is 31.2 Å². The standard InChI is InChI=1S/C17H21NO2S/c1-13-7-9-15(10-8-13)21-17(2,3)16(19)12-14-6-4-5-11-18(14)20/h4-11,16,19H,12H2,1-3H3. The number of aryl methyl sites for hydroxylation is 1. The summed E-state index contributed by atoms with van der Waals surface area (Å²) < 4.78 is 0.438. The van der Waals surface area contributed by atoms with Crippen molar-refractivity contribution in [1.29, 1.82) is 0 Å². The predicted molar refractivity (Wildman–Crippen MR) is 86.2 cm³/mol. The number of aromatic nitrogens is 1. The lowest BCUT2D eigenvalue weighted by atomic mass is 10.0. The van der Waals surface area contributed by atoms with Crippen LogP contribution < -0.4 is 4.73 Å². The molecule has 0 saturated heterocycles. The van der Waals surface area contributed by atoms with E-state index < -0.39 is 6.10 Å². The Balaban J connectivity index is 2.07. The van der Waals surface area contributed by atoms with E-state index in [4.69, 9.17) is 0 Å². The third-order valence-corrected chi connectivity index (χ3v) is 4.82. The molecule has 1 atom stereocenters. The van der Waals surface area contributed by atoms with Crippen molar-refractivity contribution in [2.45, 2.75) is 42.9 Å². The molecule has 0 fully saturated rings. The molecule has 0 radical (unpaired) electrons. The van der Waals surface area contributed by atoms with Gasteiger partial charge in [0.25, 0.3) is 0 Å². The molecule has 0 saturated carbocycles. The third-order valence-electron chi connectivity index (χ3n) is 3.51. The van der Waals surface area contributed by atoms with E-state index in [1.54, 1.807) is 23.9 Å². The van der Waals surface area contributed by atoms with Gasteiger partial charge in [-0.25, -0.2) is 0 Å². The monoisotopic (exact) mass is 303 g/mol. The molecule has 1 aromatic heterocycles. The van der Waals surface area contributed by atoms with Crippen molar-refractivity contribution in [2.24, 2.45) is 0 Å². The molecular weight excluding hydrogens is 282 g/mol. The number of rotatable bonds is 5. The van der Waals surface area contributed by atoms with E-state index in [0.717, 1.165) is 9.63 Å². The molecule has 1 N–H and O–H groups in total. The van der Waals surface area contributed by atoms with Gasteiger partial charge in [0.15, 0.2) is 11.9 Å². The van der Waals surface area contributed by atoms with Gasteiger partial charge in [-0.1, -0.05) is 23.8 Å². The van der Waals surface area contributed by atoms with Crippen LogP contribution in [0.5, 0.6) is 0 Å². The van der Waals surface area contributed by atoms with Crippen LogP contribution in [0.15, 0.2) is 53.6 Å². The summed E-state index contributed by atoms with van der Waals surface area (Å²) in [6.45, 7) is 6.05. The van der Waals surface area contributed by atoms with Gasteiger partial charge in [0, 0.05) is 21.8 Å². The summed E-state index contributed by atoms with van der Waals surface area (Å²) in [5.74, 6) is 0. The summed E-state index contributed by atoms with van der Waals surface area (Å²) in [6, 6.07) is 13.5. The maximum absolute atomic E-state index is 11.7. The molecule has 3 nitrogen and oxygen atoms in total. The lowest BCUT2D eigenvalue weighted by Gasteiger charge is -2.29. The second kappa shape index (κ2) is 6.50. The molecule has 0 aliphatic rings. The minimum atomic E-state index is -0.605. The molecule has 1 aromatic carbocycles. The van der Waals surface area contributed by atoms with Crippen molar-refractivity contribution in [3.8, 4) is 0 Å². The first-order valence-electron chi connectivity index (χ1n) is 6.99. The number of aliphatic hydroxyl groups excluding tert-OH is 1. The molecular formula is C17H21NO2S. The first-order valence-corrected chi connectivity index (χ1v) is 7.81. The minimum absolute atomic E-state index is 0.343. The fraction of sp³-hybridized carbons (Fsp3) is 0.353. The highest BCUT2D eigenvalue weighted by atomic mass is 32.2. The van der Waals surface area contributed by atoms with Gasteiger partial charge in [0.05, 0.1) is 12.5 Å². The summed E-state index contributed by atoms with van der Waals surface area (Å²) in [6.07, 6.45) is 1.20. The Morgan fingerprint density at radius 3 is 2.48 bits per heavy atom. The number of hydrogen-bond acceptors (Lipinski definition) is 3. The Labute approximate surface area is 130 Å². The Morgan fingerprint density at radius 1 is 1.19 bits per heavy atom. The average molecular weight is 303 g/mol. The molecule has 2 rings (SSSR count).